The zero-order valence-electron chi connectivity index (χ0n) is 19.3. The van der Waals surface area contributed by atoms with Gasteiger partial charge in [-0.2, -0.15) is 5.48 Å². The summed E-state index contributed by atoms with van der Waals surface area (Å²) in [5, 5.41) is 0. The van der Waals surface area contributed by atoms with E-state index in [1.807, 2.05) is 65.0 Å². The summed E-state index contributed by atoms with van der Waals surface area (Å²) in [5.41, 5.74) is 5.13. The highest BCUT2D eigenvalue weighted by atomic mass is 16.7. The number of hydroxylamine groups is 2. The standard InChI is InChI=1S/C24H36N2O5/c1-7-11-19(22(28)26-31-24(4,5)6)20(16-17(2)3)23(29)25-30-21(27)15-14-18-12-9-8-10-13-18/h7-10,12-13,17,19-20H,1,11,14-16H2,2-6H3,(H,25,29)(H,26,28)/t19-,20+/m0/s1. The molecule has 2 N–H and O–H groups in total. The van der Waals surface area contributed by atoms with Crippen LogP contribution in [0.3, 0.4) is 0 Å². The van der Waals surface area contributed by atoms with E-state index in [9.17, 15) is 14.4 Å². The van der Waals surface area contributed by atoms with Gasteiger partial charge in [-0.15, -0.1) is 6.58 Å². The molecule has 1 aromatic carbocycles. The third-order valence-corrected chi connectivity index (χ3v) is 4.49. The van der Waals surface area contributed by atoms with Crippen LogP contribution in [0.4, 0.5) is 0 Å². The van der Waals surface area contributed by atoms with Gasteiger partial charge in [0.25, 0.3) is 5.91 Å². The monoisotopic (exact) mass is 432 g/mol. The minimum Gasteiger partial charge on any atom is -0.341 e. The van der Waals surface area contributed by atoms with E-state index in [1.165, 1.54) is 0 Å². The molecular formula is C24H36N2O5. The molecule has 0 aliphatic rings. The molecule has 0 saturated carbocycles. The number of hydrogen-bond acceptors (Lipinski definition) is 5. The second-order valence-electron chi connectivity index (χ2n) is 8.97. The summed E-state index contributed by atoms with van der Waals surface area (Å²) < 4.78 is 0. The fourth-order valence-electron chi connectivity index (χ4n) is 3.00. The molecule has 172 valence electrons. The van der Waals surface area contributed by atoms with Gasteiger partial charge in [0.05, 0.1) is 23.9 Å². The van der Waals surface area contributed by atoms with Crippen molar-refractivity contribution in [1.82, 2.24) is 11.0 Å². The highest BCUT2D eigenvalue weighted by molar-refractivity contribution is 5.87. The van der Waals surface area contributed by atoms with E-state index >= 15 is 0 Å². The SMILES string of the molecule is C=CC[C@H](C(=O)NOC(C)(C)C)[C@@H](CC(C)C)C(=O)NOC(=O)CCc1ccccc1. The summed E-state index contributed by atoms with van der Waals surface area (Å²) in [6.07, 6.45) is 2.96. The maximum Gasteiger partial charge on any atom is 0.332 e. The van der Waals surface area contributed by atoms with Gasteiger partial charge in [-0.3, -0.25) is 14.4 Å². The lowest BCUT2D eigenvalue weighted by Gasteiger charge is -2.27. The van der Waals surface area contributed by atoms with Gasteiger partial charge < -0.3 is 4.84 Å². The van der Waals surface area contributed by atoms with Crippen molar-refractivity contribution in [1.29, 1.82) is 0 Å². The van der Waals surface area contributed by atoms with Crippen LogP contribution in [0.5, 0.6) is 0 Å². The Morgan fingerprint density at radius 3 is 2.19 bits per heavy atom. The smallest absolute Gasteiger partial charge is 0.332 e. The first-order valence-electron chi connectivity index (χ1n) is 10.7. The van der Waals surface area contributed by atoms with Crippen LogP contribution in [0, 0.1) is 17.8 Å². The fraction of sp³-hybridized carbons (Fsp3) is 0.542. The quantitative estimate of drug-likeness (QED) is 0.409. The number of benzene rings is 1. The zero-order chi connectivity index (χ0) is 23.4. The molecule has 0 unspecified atom stereocenters. The highest BCUT2D eigenvalue weighted by Crippen LogP contribution is 2.25. The molecule has 31 heavy (non-hydrogen) atoms. The van der Waals surface area contributed by atoms with Crippen molar-refractivity contribution in [2.45, 2.75) is 65.9 Å². The Labute approximate surface area is 185 Å². The van der Waals surface area contributed by atoms with Crippen LogP contribution in [0.1, 0.15) is 59.4 Å². The molecule has 7 heteroatoms. The lowest BCUT2D eigenvalue weighted by atomic mass is 9.82. The molecule has 0 aliphatic carbocycles. The van der Waals surface area contributed by atoms with Crippen molar-refractivity contribution in [3.63, 3.8) is 0 Å². The first-order valence-corrected chi connectivity index (χ1v) is 10.7. The topological polar surface area (TPSA) is 93.7 Å². The van der Waals surface area contributed by atoms with E-state index in [4.69, 9.17) is 9.68 Å². The Balaban J connectivity index is 2.74. The first kappa shape index (κ1) is 26.4. The van der Waals surface area contributed by atoms with Gasteiger partial charge in [0, 0.05) is 0 Å². The van der Waals surface area contributed by atoms with Crippen LogP contribution < -0.4 is 11.0 Å². The number of allylic oxidation sites excluding steroid dienone is 1. The van der Waals surface area contributed by atoms with Gasteiger partial charge in [0.1, 0.15) is 0 Å². The number of amides is 2. The minimum absolute atomic E-state index is 0.134. The molecule has 0 heterocycles. The van der Waals surface area contributed by atoms with Gasteiger partial charge in [0.2, 0.25) is 5.91 Å². The van der Waals surface area contributed by atoms with Gasteiger partial charge in [-0.25, -0.2) is 10.3 Å². The zero-order valence-corrected chi connectivity index (χ0v) is 19.3. The molecule has 2 amide bonds. The number of carbonyl (C=O) groups excluding carboxylic acids is 3. The molecular weight excluding hydrogens is 396 g/mol. The predicted molar refractivity (Wildman–Crippen MR) is 119 cm³/mol. The largest absolute Gasteiger partial charge is 0.341 e. The average molecular weight is 433 g/mol. The highest BCUT2D eigenvalue weighted by Gasteiger charge is 2.34. The first-order chi connectivity index (χ1) is 14.5. The Morgan fingerprint density at radius 2 is 1.65 bits per heavy atom. The second kappa shape index (κ2) is 12.9. The normalized spacial score (nSPS) is 13.2. The number of aryl methyl sites for hydroxylation is 1. The third kappa shape index (κ3) is 10.8. The van der Waals surface area contributed by atoms with E-state index in [-0.39, 0.29) is 18.8 Å². The second-order valence-corrected chi connectivity index (χ2v) is 8.97. The molecule has 1 rings (SSSR count). The van der Waals surface area contributed by atoms with Crippen molar-refractivity contribution in [3.05, 3.63) is 48.6 Å². The molecule has 0 radical (unpaired) electrons. The molecule has 0 fully saturated rings. The maximum absolute atomic E-state index is 12.8. The van der Waals surface area contributed by atoms with Gasteiger partial charge >= 0.3 is 5.97 Å². The third-order valence-electron chi connectivity index (χ3n) is 4.49. The van der Waals surface area contributed by atoms with Gasteiger partial charge in [0.15, 0.2) is 0 Å². The Hall–Kier alpha value is -2.67. The van der Waals surface area contributed by atoms with Crippen molar-refractivity contribution >= 4 is 17.8 Å². The number of rotatable bonds is 11. The van der Waals surface area contributed by atoms with Crippen LogP contribution in [0.15, 0.2) is 43.0 Å². The van der Waals surface area contributed by atoms with Gasteiger partial charge in [-0.05, 0) is 51.5 Å². The lowest BCUT2D eigenvalue weighted by Crippen LogP contribution is -2.44. The lowest BCUT2D eigenvalue weighted by molar-refractivity contribution is -0.163. The van der Waals surface area contributed by atoms with Crippen molar-refractivity contribution < 1.29 is 24.1 Å². The summed E-state index contributed by atoms with van der Waals surface area (Å²) in [6.45, 7) is 13.0. The van der Waals surface area contributed by atoms with Crippen LogP contribution in [-0.2, 0) is 30.5 Å². The Morgan fingerprint density at radius 1 is 1.03 bits per heavy atom. The molecule has 0 spiro atoms. The van der Waals surface area contributed by atoms with E-state index < -0.39 is 35.2 Å². The van der Waals surface area contributed by atoms with Crippen LogP contribution in [-0.4, -0.2) is 23.4 Å². The van der Waals surface area contributed by atoms with E-state index in [0.717, 1.165) is 5.56 Å². The fourth-order valence-corrected chi connectivity index (χ4v) is 3.00. The minimum atomic E-state index is -0.705. The van der Waals surface area contributed by atoms with E-state index in [1.54, 1.807) is 6.08 Å². The maximum atomic E-state index is 12.8. The molecule has 0 bridgehead atoms. The predicted octanol–water partition coefficient (Wildman–Crippen LogP) is 3.89. The molecule has 0 aliphatic heterocycles. The summed E-state index contributed by atoms with van der Waals surface area (Å²) in [7, 11) is 0. The summed E-state index contributed by atoms with van der Waals surface area (Å²) in [6, 6.07) is 9.53. The summed E-state index contributed by atoms with van der Waals surface area (Å²) >= 11 is 0. The summed E-state index contributed by atoms with van der Waals surface area (Å²) in [4.78, 5) is 48.0. The molecule has 7 nitrogen and oxygen atoms in total. The van der Waals surface area contributed by atoms with E-state index in [2.05, 4.69) is 17.5 Å². The number of hydrogen-bond donors (Lipinski definition) is 2. The number of carbonyl (C=O) groups is 3. The van der Waals surface area contributed by atoms with E-state index in [0.29, 0.717) is 12.8 Å². The van der Waals surface area contributed by atoms with Crippen molar-refractivity contribution in [2.24, 2.45) is 17.8 Å². The number of nitrogens with one attached hydrogen (secondary N) is 2. The van der Waals surface area contributed by atoms with Crippen LogP contribution >= 0.6 is 0 Å². The molecule has 1 aromatic rings. The molecule has 2 atom stereocenters. The Bertz CT molecular complexity index is 725. The summed E-state index contributed by atoms with van der Waals surface area (Å²) in [5.74, 6) is -2.73. The molecule has 0 saturated heterocycles. The average Bonchev–Trinajstić information content (AvgIpc) is 2.71. The Kier molecular flexibility index (Phi) is 11.0. The van der Waals surface area contributed by atoms with Crippen molar-refractivity contribution in [2.75, 3.05) is 0 Å². The molecule has 0 aromatic heterocycles. The van der Waals surface area contributed by atoms with Crippen molar-refractivity contribution in [3.8, 4) is 0 Å². The van der Waals surface area contributed by atoms with Gasteiger partial charge in [-0.1, -0.05) is 50.3 Å². The van der Waals surface area contributed by atoms with Crippen LogP contribution in [0.25, 0.3) is 0 Å². The van der Waals surface area contributed by atoms with Crippen LogP contribution in [0.2, 0.25) is 0 Å².